The van der Waals surface area contributed by atoms with E-state index in [1.165, 1.54) is 31.9 Å². The molecule has 29 heavy (non-hydrogen) atoms. The van der Waals surface area contributed by atoms with E-state index in [2.05, 4.69) is 0 Å². The molecule has 1 spiro atoms. The van der Waals surface area contributed by atoms with Crippen LogP contribution in [0.25, 0.3) is 0 Å². The van der Waals surface area contributed by atoms with Crippen LogP contribution in [-0.4, -0.2) is 42.6 Å². The standard InChI is InChI=1S/C23H32FNO4/c1-16(2)29-22(27)25-10-8-23(9-11-25)14-18(15-23)5-4-12-28-19-6-7-20(17(3)26)21(24)13-19/h6-7,13,16,18H,4-5,8-12,14-15H2,1-3H3. The largest absolute Gasteiger partial charge is 0.493 e. The predicted octanol–water partition coefficient (Wildman–Crippen LogP) is 5.22. The van der Waals surface area contributed by atoms with Gasteiger partial charge >= 0.3 is 6.09 Å². The minimum absolute atomic E-state index is 0.0720. The highest BCUT2D eigenvalue weighted by Gasteiger charge is 2.46. The van der Waals surface area contributed by atoms with Crippen LogP contribution in [0.15, 0.2) is 18.2 Å². The number of hydrogen-bond acceptors (Lipinski definition) is 4. The molecule has 1 saturated heterocycles. The summed E-state index contributed by atoms with van der Waals surface area (Å²) in [4.78, 5) is 25.1. The molecule has 0 unspecified atom stereocenters. The van der Waals surface area contributed by atoms with Gasteiger partial charge in [-0.1, -0.05) is 0 Å². The first kappa shape index (κ1) is 21.6. The molecule has 1 aliphatic carbocycles. The lowest BCUT2D eigenvalue weighted by molar-refractivity contribution is -0.0203. The van der Waals surface area contributed by atoms with Gasteiger partial charge in [-0.25, -0.2) is 9.18 Å². The van der Waals surface area contributed by atoms with Crippen LogP contribution in [0.2, 0.25) is 0 Å². The maximum absolute atomic E-state index is 13.8. The first-order valence-electron chi connectivity index (χ1n) is 10.7. The predicted molar refractivity (Wildman–Crippen MR) is 109 cm³/mol. The van der Waals surface area contributed by atoms with E-state index >= 15 is 0 Å². The summed E-state index contributed by atoms with van der Waals surface area (Å²) in [6.07, 6.45) is 6.36. The van der Waals surface area contributed by atoms with Crippen LogP contribution < -0.4 is 4.74 Å². The van der Waals surface area contributed by atoms with Gasteiger partial charge in [0.25, 0.3) is 0 Å². The number of Topliss-reactive ketones (excluding diaryl/α,β-unsaturated/α-hetero) is 1. The molecule has 2 fully saturated rings. The molecule has 0 N–H and O–H groups in total. The van der Waals surface area contributed by atoms with Crippen molar-refractivity contribution < 1.29 is 23.5 Å². The third-order valence-electron chi connectivity index (χ3n) is 6.21. The van der Waals surface area contributed by atoms with Crippen molar-refractivity contribution in [2.45, 2.75) is 65.4 Å². The Morgan fingerprint density at radius 2 is 1.93 bits per heavy atom. The van der Waals surface area contributed by atoms with Gasteiger partial charge in [0.05, 0.1) is 18.3 Å². The Morgan fingerprint density at radius 1 is 1.24 bits per heavy atom. The number of likely N-dealkylation sites (tertiary alicyclic amines) is 1. The third-order valence-corrected chi connectivity index (χ3v) is 6.21. The van der Waals surface area contributed by atoms with Crippen molar-refractivity contribution in [2.75, 3.05) is 19.7 Å². The van der Waals surface area contributed by atoms with E-state index < -0.39 is 5.82 Å². The monoisotopic (exact) mass is 405 g/mol. The highest BCUT2D eigenvalue weighted by Crippen LogP contribution is 2.54. The molecule has 6 heteroatoms. The number of amides is 1. The molecule has 0 bridgehead atoms. The Labute approximate surface area is 172 Å². The molecule has 1 aliphatic heterocycles. The summed E-state index contributed by atoms with van der Waals surface area (Å²) in [6.45, 7) is 7.25. The van der Waals surface area contributed by atoms with Gasteiger partial charge in [0.1, 0.15) is 11.6 Å². The smallest absolute Gasteiger partial charge is 0.410 e. The lowest BCUT2D eigenvalue weighted by Gasteiger charge is -2.52. The normalized spacial score (nSPS) is 18.6. The number of benzene rings is 1. The van der Waals surface area contributed by atoms with Gasteiger partial charge in [-0.2, -0.15) is 0 Å². The summed E-state index contributed by atoms with van der Waals surface area (Å²) in [5, 5.41) is 0. The van der Waals surface area contributed by atoms with E-state index in [-0.39, 0.29) is 23.5 Å². The van der Waals surface area contributed by atoms with Crippen LogP contribution in [0.1, 0.15) is 69.7 Å². The summed E-state index contributed by atoms with van der Waals surface area (Å²) in [5.74, 6) is 0.373. The van der Waals surface area contributed by atoms with Crippen molar-refractivity contribution in [3.05, 3.63) is 29.6 Å². The number of ketones is 1. The lowest BCUT2D eigenvalue weighted by Crippen LogP contribution is -2.49. The minimum Gasteiger partial charge on any atom is -0.493 e. The maximum Gasteiger partial charge on any atom is 0.410 e. The Hall–Kier alpha value is -2.11. The molecule has 3 rings (SSSR count). The third kappa shape index (κ3) is 5.49. The van der Waals surface area contributed by atoms with Gasteiger partial charge in [-0.05, 0) is 82.8 Å². The second-order valence-electron chi connectivity index (χ2n) is 8.88. The Morgan fingerprint density at radius 3 is 2.52 bits per heavy atom. The van der Waals surface area contributed by atoms with Crippen molar-refractivity contribution in [3.8, 4) is 5.75 Å². The average molecular weight is 406 g/mol. The van der Waals surface area contributed by atoms with Gasteiger partial charge in [0, 0.05) is 19.2 Å². The number of piperidine rings is 1. The molecule has 160 valence electrons. The Kier molecular flexibility index (Phi) is 6.81. The summed E-state index contributed by atoms with van der Waals surface area (Å²) in [7, 11) is 0. The zero-order chi connectivity index (χ0) is 21.0. The number of rotatable bonds is 7. The lowest BCUT2D eigenvalue weighted by atomic mass is 9.56. The van der Waals surface area contributed by atoms with Gasteiger partial charge in [0.2, 0.25) is 0 Å². The number of carbonyl (C=O) groups is 2. The van der Waals surface area contributed by atoms with Crippen LogP contribution in [0, 0.1) is 17.2 Å². The molecule has 0 aromatic heterocycles. The molecular formula is C23H32FNO4. The molecular weight excluding hydrogens is 373 g/mol. The average Bonchev–Trinajstić information content (AvgIpc) is 2.63. The van der Waals surface area contributed by atoms with E-state index in [9.17, 15) is 14.0 Å². The zero-order valence-electron chi connectivity index (χ0n) is 17.7. The van der Waals surface area contributed by atoms with Gasteiger partial charge < -0.3 is 14.4 Å². The Balaban J connectivity index is 1.32. The first-order chi connectivity index (χ1) is 13.8. The number of ether oxygens (including phenoxy) is 2. The van der Waals surface area contributed by atoms with Crippen LogP contribution in [0.4, 0.5) is 9.18 Å². The zero-order valence-corrected chi connectivity index (χ0v) is 17.7. The SMILES string of the molecule is CC(=O)c1ccc(OCCCC2CC3(CCN(C(=O)OC(C)C)CC3)C2)cc1F. The van der Waals surface area contributed by atoms with Crippen molar-refractivity contribution in [1.29, 1.82) is 0 Å². The van der Waals surface area contributed by atoms with E-state index in [1.807, 2.05) is 18.7 Å². The molecule has 1 aromatic rings. The van der Waals surface area contributed by atoms with E-state index in [0.29, 0.717) is 23.7 Å². The van der Waals surface area contributed by atoms with Crippen molar-refractivity contribution in [2.24, 2.45) is 11.3 Å². The van der Waals surface area contributed by atoms with E-state index in [4.69, 9.17) is 9.47 Å². The highest BCUT2D eigenvalue weighted by molar-refractivity contribution is 5.94. The molecule has 5 nitrogen and oxygen atoms in total. The van der Waals surface area contributed by atoms with Gasteiger partial charge in [-0.3, -0.25) is 4.79 Å². The molecule has 0 atom stereocenters. The summed E-state index contributed by atoms with van der Waals surface area (Å²) in [6, 6.07) is 4.41. The Bertz CT molecular complexity index is 732. The van der Waals surface area contributed by atoms with Crippen molar-refractivity contribution in [3.63, 3.8) is 0 Å². The number of carbonyl (C=O) groups excluding carboxylic acids is 2. The number of hydrogen-bond donors (Lipinski definition) is 0. The molecule has 1 heterocycles. The first-order valence-corrected chi connectivity index (χ1v) is 10.7. The van der Waals surface area contributed by atoms with Crippen LogP contribution in [-0.2, 0) is 4.74 Å². The van der Waals surface area contributed by atoms with Gasteiger partial charge in [0.15, 0.2) is 5.78 Å². The summed E-state index contributed by atoms with van der Waals surface area (Å²) in [5.41, 5.74) is 0.506. The molecule has 1 amide bonds. The molecule has 1 aromatic carbocycles. The van der Waals surface area contributed by atoms with E-state index in [1.54, 1.807) is 6.07 Å². The second-order valence-corrected chi connectivity index (χ2v) is 8.88. The van der Waals surface area contributed by atoms with Crippen LogP contribution in [0.3, 0.4) is 0 Å². The van der Waals surface area contributed by atoms with Crippen molar-refractivity contribution in [1.82, 2.24) is 4.90 Å². The molecule has 1 saturated carbocycles. The second kappa shape index (κ2) is 9.14. The quantitative estimate of drug-likeness (QED) is 0.461. The highest BCUT2D eigenvalue weighted by atomic mass is 19.1. The van der Waals surface area contributed by atoms with Crippen molar-refractivity contribution >= 4 is 11.9 Å². The molecule has 2 aliphatic rings. The fourth-order valence-corrected chi connectivity index (χ4v) is 4.65. The van der Waals surface area contributed by atoms with Gasteiger partial charge in [-0.15, -0.1) is 0 Å². The number of halogens is 1. The molecule has 0 radical (unpaired) electrons. The summed E-state index contributed by atoms with van der Waals surface area (Å²) >= 11 is 0. The van der Waals surface area contributed by atoms with Crippen LogP contribution >= 0.6 is 0 Å². The minimum atomic E-state index is -0.528. The number of nitrogens with zero attached hydrogens (tertiary/aromatic N) is 1. The van der Waals surface area contributed by atoms with Crippen LogP contribution in [0.5, 0.6) is 5.75 Å². The maximum atomic E-state index is 13.8. The fraction of sp³-hybridized carbons (Fsp3) is 0.652. The van der Waals surface area contributed by atoms with E-state index in [0.717, 1.165) is 38.8 Å². The fourth-order valence-electron chi connectivity index (χ4n) is 4.65. The summed E-state index contributed by atoms with van der Waals surface area (Å²) < 4.78 is 24.7. The topological polar surface area (TPSA) is 55.8 Å².